The third kappa shape index (κ3) is 4.76. The number of halogens is 4. The van der Waals surface area contributed by atoms with Crippen LogP contribution in [-0.2, 0) is 4.79 Å². The van der Waals surface area contributed by atoms with E-state index in [1.54, 1.807) is 10.7 Å². The molecular formula is C18H11BrF3N3O2S. The molecule has 0 saturated heterocycles. The second kappa shape index (κ2) is 8.11. The molecule has 1 heterocycles. The van der Waals surface area contributed by atoms with Crippen LogP contribution in [0.3, 0.4) is 0 Å². The molecule has 0 unspecified atom stereocenters. The molecule has 0 spiro atoms. The fourth-order valence-electron chi connectivity index (χ4n) is 2.23. The Morgan fingerprint density at radius 1 is 1.00 bits per heavy atom. The predicted octanol–water partition coefficient (Wildman–Crippen LogP) is 5.33. The summed E-state index contributed by atoms with van der Waals surface area (Å²) in [6.07, 6.45) is -5.06. The van der Waals surface area contributed by atoms with Gasteiger partial charge in [-0.25, -0.2) is 4.98 Å². The van der Waals surface area contributed by atoms with Crippen LogP contribution in [0, 0.1) is 0 Å². The maximum absolute atomic E-state index is 12.5. The Balaban J connectivity index is 1.77. The molecule has 2 aromatic carbocycles. The fraction of sp³-hybridized carbons (Fsp3) is 0.0556. The Labute approximate surface area is 169 Å². The summed E-state index contributed by atoms with van der Waals surface area (Å²) in [5, 5.41) is 6.27. The zero-order chi connectivity index (χ0) is 20.3. The molecule has 0 saturated carbocycles. The van der Waals surface area contributed by atoms with E-state index in [2.05, 4.69) is 26.2 Å². The van der Waals surface area contributed by atoms with Crippen LogP contribution >= 0.6 is 27.3 Å². The highest BCUT2D eigenvalue weighted by atomic mass is 79.9. The molecule has 2 amide bonds. The van der Waals surface area contributed by atoms with Gasteiger partial charge >= 0.3 is 12.1 Å². The van der Waals surface area contributed by atoms with Crippen LogP contribution in [-0.4, -0.2) is 23.0 Å². The van der Waals surface area contributed by atoms with E-state index in [4.69, 9.17) is 0 Å². The zero-order valence-corrected chi connectivity index (χ0v) is 16.3. The van der Waals surface area contributed by atoms with Crippen LogP contribution in [0.15, 0.2) is 58.4 Å². The van der Waals surface area contributed by atoms with Gasteiger partial charge in [0.1, 0.15) is 0 Å². The number of rotatable bonds is 4. The van der Waals surface area contributed by atoms with E-state index < -0.39 is 18.0 Å². The molecule has 0 bridgehead atoms. The van der Waals surface area contributed by atoms with Gasteiger partial charge in [0.25, 0.3) is 5.91 Å². The molecule has 0 radical (unpaired) electrons. The molecule has 28 heavy (non-hydrogen) atoms. The van der Waals surface area contributed by atoms with Crippen LogP contribution in [0.25, 0.3) is 11.3 Å². The van der Waals surface area contributed by atoms with Gasteiger partial charge in [0, 0.05) is 15.4 Å². The highest BCUT2D eigenvalue weighted by molar-refractivity contribution is 9.10. The number of nitrogens with one attached hydrogen (secondary N) is 2. The fourth-order valence-corrected chi connectivity index (χ4v) is 3.21. The lowest BCUT2D eigenvalue weighted by Gasteiger charge is -2.11. The van der Waals surface area contributed by atoms with Gasteiger partial charge in [-0.3, -0.25) is 14.9 Å². The lowest BCUT2D eigenvalue weighted by molar-refractivity contribution is -0.167. The van der Waals surface area contributed by atoms with Crippen LogP contribution in [0.5, 0.6) is 0 Å². The average Bonchev–Trinajstić information content (AvgIpc) is 3.10. The van der Waals surface area contributed by atoms with Gasteiger partial charge in [-0.15, -0.1) is 11.3 Å². The van der Waals surface area contributed by atoms with Gasteiger partial charge in [0.05, 0.1) is 16.9 Å². The molecule has 2 N–H and O–H groups in total. The second-order valence-electron chi connectivity index (χ2n) is 5.50. The van der Waals surface area contributed by atoms with E-state index in [0.717, 1.165) is 10.0 Å². The van der Waals surface area contributed by atoms with Crippen LogP contribution in [0.2, 0.25) is 0 Å². The zero-order valence-electron chi connectivity index (χ0n) is 13.9. The van der Waals surface area contributed by atoms with Crippen molar-refractivity contribution in [2.24, 2.45) is 0 Å². The normalized spacial score (nSPS) is 11.1. The molecule has 0 fully saturated rings. The third-order valence-electron chi connectivity index (χ3n) is 3.54. The second-order valence-corrected chi connectivity index (χ2v) is 7.27. The minimum atomic E-state index is -5.06. The SMILES string of the molecule is O=C(Nc1nc(-c2ccc(Br)cc2)cs1)c1ccccc1NC(=O)C(F)(F)F. The number of alkyl halides is 3. The monoisotopic (exact) mass is 469 g/mol. The highest BCUT2D eigenvalue weighted by Gasteiger charge is 2.39. The largest absolute Gasteiger partial charge is 0.471 e. The molecule has 144 valence electrons. The predicted molar refractivity (Wildman–Crippen MR) is 104 cm³/mol. The minimum absolute atomic E-state index is 0.111. The first kappa shape index (κ1) is 20.0. The first-order valence-corrected chi connectivity index (χ1v) is 9.41. The van der Waals surface area contributed by atoms with Crippen molar-refractivity contribution in [3.8, 4) is 11.3 Å². The smallest absolute Gasteiger partial charge is 0.317 e. The number of benzene rings is 2. The van der Waals surface area contributed by atoms with Crippen molar-refractivity contribution >= 4 is 49.9 Å². The number of para-hydroxylation sites is 1. The van der Waals surface area contributed by atoms with Gasteiger partial charge in [-0.05, 0) is 24.3 Å². The van der Waals surface area contributed by atoms with Crippen LogP contribution < -0.4 is 10.6 Å². The van der Waals surface area contributed by atoms with E-state index in [1.807, 2.05) is 24.3 Å². The Kier molecular flexibility index (Phi) is 5.80. The summed E-state index contributed by atoms with van der Waals surface area (Å²) >= 11 is 4.52. The van der Waals surface area contributed by atoms with Crippen molar-refractivity contribution in [3.05, 3.63) is 63.9 Å². The van der Waals surface area contributed by atoms with E-state index in [1.165, 1.54) is 35.6 Å². The Hall–Kier alpha value is -2.72. The van der Waals surface area contributed by atoms with E-state index >= 15 is 0 Å². The first-order valence-electron chi connectivity index (χ1n) is 7.74. The maximum atomic E-state index is 12.5. The standard InChI is InChI=1S/C18H11BrF3N3O2S/c19-11-7-5-10(6-8-11)14-9-28-17(24-14)25-15(26)12-3-1-2-4-13(12)23-16(27)18(20,21)22/h1-9H,(H,23,27)(H,24,25,26). The summed E-state index contributed by atoms with van der Waals surface area (Å²) in [6.45, 7) is 0. The van der Waals surface area contributed by atoms with Gasteiger partial charge in [-0.2, -0.15) is 13.2 Å². The summed E-state index contributed by atoms with van der Waals surface area (Å²) in [7, 11) is 0. The van der Waals surface area contributed by atoms with Crippen molar-refractivity contribution in [2.75, 3.05) is 10.6 Å². The highest BCUT2D eigenvalue weighted by Crippen LogP contribution is 2.27. The van der Waals surface area contributed by atoms with Crippen molar-refractivity contribution < 1.29 is 22.8 Å². The van der Waals surface area contributed by atoms with Gasteiger partial charge in [-0.1, -0.05) is 40.2 Å². The molecule has 0 aliphatic heterocycles. The number of hydrogen-bond donors (Lipinski definition) is 2. The first-order chi connectivity index (χ1) is 13.2. The van der Waals surface area contributed by atoms with Crippen molar-refractivity contribution in [1.82, 2.24) is 4.98 Å². The summed E-state index contributed by atoms with van der Waals surface area (Å²) in [6, 6.07) is 12.8. The van der Waals surface area contributed by atoms with Gasteiger partial charge in [0.15, 0.2) is 5.13 Å². The maximum Gasteiger partial charge on any atom is 0.471 e. The molecule has 0 aliphatic rings. The van der Waals surface area contributed by atoms with E-state index in [9.17, 15) is 22.8 Å². The third-order valence-corrected chi connectivity index (χ3v) is 4.83. The van der Waals surface area contributed by atoms with Gasteiger partial charge < -0.3 is 5.32 Å². The number of carbonyl (C=O) groups excluding carboxylic acids is 2. The minimum Gasteiger partial charge on any atom is -0.317 e. The molecule has 3 aromatic rings. The summed E-state index contributed by atoms with van der Waals surface area (Å²) < 4.78 is 38.4. The van der Waals surface area contributed by atoms with Crippen molar-refractivity contribution in [1.29, 1.82) is 0 Å². The molecule has 3 rings (SSSR count). The van der Waals surface area contributed by atoms with Crippen LogP contribution in [0.4, 0.5) is 24.0 Å². The number of hydrogen-bond acceptors (Lipinski definition) is 4. The number of aromatic nitrogens is 1. The number of nitrogens with zero attached hydrogens (tertiary/aromatic N) is 1. The van der Waals surface area contributed by atoms with Crippen molar-refractivity contribution in [2.45, 2.75) is 6.18 Å². The van der Waals surface area contributed by atoms with Crippen molar-refractivity contribution in [3.63, 3.8) is 0 Å². The Morgan fingerprint density at radius 3 is 2.36 bits per heavy atom. The van der Waals surface area contributed by atoms with E-state index in [-0.39, 0.29) is 16.4 Å². The molecule has 1 aromatic heterocycles. The number of carbonyl (C=O) groups is 2. The summed E-state index contributed by atoms with van der Waals surface area (Å²) in [4.78, 5) is 28.0. The number of thiazole rings is 1. The average molecular weight is 470 g/mol. The van der Waals surface area contributed by atoms with Crippen LogP contribution in [0.1, 0.15) is 10.4 Å². The molecular weight excluding hydrogens is 459 g/mol. The van der Waals surface area contributed by atoms with Gasteiger partial charge in [0.2, 0.25) is 0 Å². The summed E-state index contributed by atoms with van der Waals surface area (Å²) in [5.41, 5.74) is 1.14. The molecule has 0 aliphatic carbocycles. The molecule has 10 heteroatoms. The number of anilines is 2. The molecule has 5 nitrogen and oxygen atoms in total. The number of amides is 2. The molecule has 0 atom stereocenters. The summed E-state index contributed by atoms with van der Waals surface area (Å²) in [5.74, 6) is -2.84. The lowest BCUT2D eigenvalue weighted by Crippen LogP contribution is -2.30. The Morgan fingerprint density at radius 2 is 1.68 bits per heavy atom. The van der Waals surface area contributed by atoms with E-state index in [0.29, 0.717) is 5.69 Å². The quantitative estimate of drug-likeness (QED) is 0.542. The lowest BCUT2D eigenvalue weighted by atomic mass is 10.1. The Bertz CT molecular complexity index is 1020. The topological polar surface area (TPSA) is 71.1 Å².